The summed E-state index contributed by atoms with van der Waals surface area (Å²) in [6, 6.07) is 0. The van der Waals surface area contributed by atoms with Crippen molar-refractivity contribution in [2.24, 2.45) is 0 Å². The van der Waals surface area contributed by atoms with Crippen LogP contribution in [0.3, 0.4) is 0 Å². The summed E-state index contributed by atoms with van der Waals surface area (Å²) in [5.74, 6) is 0.886. The standard InChI is InChI=1S/C15H20N6OS/c1-11-12(2)23-15(18-11)19-14(22)10-20-5-7-21(8-6-20)13-9-16-3-4-17-13/h3-4,9H,5-8,10H2,1-2H3,(H,18,19,22). The van der Waals surface area contributed by atoms with Gasteiger partial charge in [0.2, 0.25) is 5.91 Å². The van der Waals surface area contributed by atoms with Crippen LogP contribution >= 0.6 is 11.3 Å². The fraction of sp³-hybridized carbons (Fsp3) is 0.467. The predicted octanol–water partition coefficient (Wildman–Crippen LogP) is 1.31. The first-order valence-corrected chi connectivity index (χ1v) is 8.40. The van der Waals surface area contributed by atoms with Gasteiger partial charge in [-0.05, 0) is 13.8 Å². The summed E-state index contributed by atoms with van der Waals surface area (Å²) in [5, 5.41) is 3.57. The van der Waals surface area contributed by atoms with E-state index < -0.39 is 0 Å². The van der Waals surface area contributed by atoms with Gasteiger partial charge in [0.1, 0.15) is 5.82 Å². The Morgan fingerprint density at radius 2 is 2.04 bits per heavy atom. The monoisotopic (exact) mass is 332 g/mol. The Labute approximate surface area is 139 Å². The molecule has 2 aromatic rings. The van der Waals surface area contributed by atoms with Crippen molar-refractivity contribution in [1.82, 2.24) is 19.9 Å². The Bertz CT molecular complexity index is 646. The van der Waals surface area contributed by atoms with Crippen molar-refractivity contribution in [3.8, 4) is 0 Å². The quantitative estimate of drug-likeness (QED) is 0.910. The van der Waals surface area contributed by atoms with E-state index in [1.54, 1.807) is 18.6 Å². The van der Waals surface area contributed by atoms with Crippen molar-refractivity contribution in [2.75, 3.05) is 42.9 Å². The summed E-state index contributed by atoms with van der Waals surface area (Å²) in [4.78, 5) is 30.4. The summed E-state index contributed by atoms with van der Waals surface area (Å²) in [6.45, 7) is 7.72. The van der Waals surface area contributed by atoms with Crippen molar-refractivity contribution in [1.29, 1.82) is 0 Å². The van der Waals surface area contributed by atoms with E-state index in [2.05, 4.69) is 30.1 Å². The van der Waals surface area contributed by atoms with Crippen LogP contribution in [0.2, 0.25) is 0 Å². The Hall–Kier alpha value is -2.06. The third-order valence-corrected chi connectivity index (χ3v) is 4.88. The SMILES string of the molecule is Cc1nc(NC(=O)CN2CCN(c3cnccn3)CC2)sc1C. The van der Waals surface area contributed by atoms with E-state index in [0.717, 1.165) is 42.6 Å². The highest BCUT2D eigenvalue weighted by atomic mass is 32.1. The molecule has 1 saturated heterocycles. The lowest BCUT2D eigenvalue weighted by molar-refractivity contribution is -0.117. The summed E-state index contributed by atoms with van der Waals surface area (Å²) in [7, 11) is 0. The summed E-state index contributed by atoms with van der Waals surface area (Å²) < 4.78 is 0. The molecule has 7 nitrogen and oxygen atoms in total. The second-order valence-corrected chi connectivity index (χ2v) is 6.74. The average Bonchev–Trinajstić information content (AvgIpc) is 2.86. The molecule has 8 heteroatoms. The number of amides is 1. The number of aryl methyl sites for hydroxylation is 2. The molecule has 23 heavy (non-hydrogen) atoms. The molecule has 1 aliphatic rings. The van der Waals surface area contributed by atoms with Crippen LogP contribution in [0.4, 0.5) is 10.9 Å². The zero-order chi connectivity index (χ0) is 16.2. The largest absolute Gasteiger partial charge is 0.353 e. The van der Waals surface area contributed by atoms with Crippen LogP contribution in [0.25, 0.3) is 0 Å². The van der Waals surface area contributed by atoms with Crippen LogP contribution in [0.1, 0.15) is 10.6 Å². The van der Waals surface area contributed by atoms with Crippen molar-refractivity contribution in [3.63, 3.8) is 0 Å². The number of hydrogen-bond donors (Lipinski definition) is 1. The Morgan fingerprint density at radius 1 is 1.26 bits per heavy atom. The number of nitrogens with zero attached hydrogens (tertiary/aromatic N) is 5. The molecule has 0 atom stereocenters. The molecular weight excluding hydrogens is 312 g/mol. The zero-order valence-electron chi connectivity index (χ0n) is 13.3. The molecule has 0 unspecified atom stereocenters. The second-order valence-electron chi connectivity index (χ2n) is 5.54. The third kappa shape index (κ3) is 4.02. The van der Waals surface area contributed by atoms with E-state index in [1.165, 1.54) is 11.3 Å². The fourth-order valence-corrected chi connectivity index (χ4v) is 3.31. The number of carbonyl (C=O) groups is 1. The molecule has 1 amide bonds. The molecule has 0 spiro atoms. The average molecular weight is 332 g/mol. The van der Waals surface area contributed by atoms with Crippen molar-refractivity contribution in [3.05, 3.63) is 29.2 Å². The van der Waals surface area contributed by atoms with Crippen LogP contribution in [-0.2, 0) is 4.79 Å². The number of hydrogen-bond acceptors (Lipinski definition) is 7. The van der Waals surface area contributed by atoms with Gasteiger partial charge in [-0.1, -0.05) is 0 Å². The molecular formula is C15H20N6OS. The van der Waals surface area contributed by atoms with Gasteiger partial charge in [0.25, 0.3) is 0 Å². The molecule has 0 bridgehead atoms. The minimum Gasteiger partial charge on any atom is -0.353 e. The molecule has 3 heterocycles. The maximum atomic E-state index is 12.1. The van der Waals surface area contributed by atoms with Gasteiger partial charge in [-0.25, -0.2) is 9.97 Å². The van der Waals surface area contributed by atoms with Gasteiger partial charge in [-0.15, -0.1) is 11.3 Å². The van der Waals surface area contributed by atoms with Crippen molar-refractivity contribution >= 4 is 28.2 Å². The lowest BCUT2D eigenvalue weighted by atomic mass is 10.3. The normalized spacial score (nSPS) is 15.7. The van der Waals surface area contributed by atoms with Crippen molar-refractivity contribution < 1.29 is 4.79 Å². The smallest absolute Gasteiger partial charge is 0.240 e. The first kappa shape index (κ1) is 15.8. The summed E-state index contributed by atoms with van der Waals surface area (Å²) in [6.07, 6.45) is 5.15. The number of nitrogens with one attached hydrogen (secondary N) is 1. The zero-order valence-corrected chi connectivity index (χ0v) is 14.1. The van der Waals surface area contributed by atoms with E-state index in [-0.39, 0.29) is 5.91 Å². The number of carbonyl (C=O) groups excluding carboxylic acids is 1. The van der Waals surface area contributed by atoms with Crippen LogP contribution in [0.5, 0.6) is 0 Å². The van der Waals surface area contributed by atoms with Gasteiger partial charge in [0.15, 0.2) is 5.13 Å². The summed E-state index contributed by atoms with van der Waals surface area (Å²) in [5.41, 5.74) is 0.975. The molecule has 122 valence electrons. The minimum absolute atomic E-state index is 0.00768. The lowest BCUT2D eigenvalue weighted by Gasteiger charge is -2.34. The Morgan fingerprint density at radius 3 is 2.65 bits per heavy atom. The number of thiazole rings is 1. The van der Waals surface area contributed by atoms with Gasteiger partial charge in [-0.3, -0.25) is 14.7 Å². The maximum Gasteiger partial charge on any atom is 0.240 e. The molecule has 2 aromatic heterocycles. The predicted molar refractivity (Wildman–Crippen MR) is 90.9 cm³/mol. The topological polar surface area (TPSA) is 74.2 Å². The highest BCUT2D eigenvalue weighted by Gasteiger charge is 2.20. The van der Waals surface area contributed by atoms with Gasteiger partial charge in [-0.2, -0.15) is 0 Å². The molecule has 0 radical (unpaired) electrons. The number of rotatable bonds is 4. The lowest BCUT2D eigenvalue weighted by Crippen LogP contribution is -2.48. The molecule has 3 rings (SSSR count). The van der Waals surface area contributed by atoms with Crippen molar-refractivity contribution in [2.45, 2.75) is 13.8 Å². The fourth-order valence-electron chi connectivity index (χ4n) is 2.48. The first-order chi connectivity index (χ1) is 11.1. The van der Waals surface area contributed by atoms with E-state index in [1.807, 2.05) is 13.8 Å². The highest BCUT2D eigenvalue weighted by Crippen LogP contribution is 2.21. The van der Waals surface area contributed by atoms with Crippen LogP contribution in [0.15, 0.2) is 18.6 Å². The Balaban J connectivity index is 1.47. The van der Waals surface area contributed by atoms with E-state index in [4.69, 9.17) is 0 Å². The molecule has 0 saturated carbocycles. The van der Waals surface area contributed by atoms with Gasteiger partial charge in [0, 0.05) is 43.4 Å². The van der Waals surface area contributed by atoms with Crippen LogP contribution in [-0.4, -0.2) is 58.5 Å². The van der Waals surface area contributed by atoms with E-state index in [0.29, 0.717) is 11.7 Å². The summed E-state index contributed by atoms with van der Waals surface area (Å²) >= 11 is 1.52. The number of aromatic nitrogens is 3. The van der Waals surface area contributed by atoms with Crippen LogP contribution in [0, 0.1) is 13.8 Å². The third-order valence-electron chi connectivity index (χ3n) is 3.89. The molecule has 1 aliphatic heterocycles. The maximum absolute atomic E-state index is 12.1. The number of anilines is 2. The minimum atomic E-state index is -0.00768. The number of piperazine rings is 1. The van der Waals surface area contributed by atoms with Gasteiger partial charge >= 0.3 is 0 Å². The van der Waals surface area contributed by atoms with Crippen LogP contribution < -0.4 is 10.2 Å². The molecule has 1 fully saturated rings. The van der Waals surface area contributed by atoms with Gasteiger partial charge in [0.05, 0.1) is 18.4 Å². The second kappa shape index (κ2) is 7.01. The molecule has 1 N–H and O–H groups in total. The van der Waals surface area contributed by atoms with E-state index >= 15 is 0 Å². The van der Waals surface area contributed by atoms with E-state index in [9.17, 15) is 4.79 Å². The van der Waals surface area contributed by atoms with Gasteiger partial charge < -0.3 is 10.2 Å². The first-order valence-electron chi connectivity index (χ1n) is 7.59. The molecule has 0 aliphatic carbocycles. The highest BCUT2D eigenvalue weighted by molar-refractivity contribution is 7.15. The Kier molecular flexibility index (Phi) is 4.82. The molecule has 0 aromatic carbocycles.